The van der Waals surface area contributed by atoms with Gasteiger partial charge >= 0.3 is 0 Å². The summed E-state index contributed by atoms with van der Waals surface area (Å²) < 4.78 is 0. The van der Waals surface area contributed by atoms with Gasteiger partial charge in [0.25, 0.3) is 5.91 Å². The summed E-state index contributed by atoms with van der Waals surface area (Å²) in [4.78, 5) is 28.3. The zero-order valence-corrected chi connectivity index (χ0v) is 16.5. The topological polar surface area (TPSA) is 52.6 Å². The van der Waals surface area contributed by atoms with E-state index in [9.17, 15) is 4.79 Å². The Morgan fingerprint density at radius 3 is 2.29 bits per heavy atom. The van der Waals surface area contributed by atoms with Crippen molar-refractivity contribution in [2.75, 3.05) is 44.2 Å². The molecule has 0 bridgehead atoms. The van der Waals surface area contributed by atoms with E-state index in [-0.39, 0.29) is 5.91 Å². The van der Waals surface area contributed by atoms with E-state index < -0.39 is 0 Å². The summed E-state index contributed by atoms with van der Waals surface area (Å²) in [6, 6.07) is 12.5. The van der Waals surface area contributed by atoms with Crippen LogP contribution in [0.3, 0.4) is 0 Å². The highest BCUT2D eigenvalue weighted by atomic mass is 16.2. The number of aromatic nitrogens is 2. The molecule has 0 N–H and O–H groups in total. The number of benzene rings is 1. The molecule has 2 aliphatic heterocycles. The quantitative estimate of drug-likeness (QED) is 0.818. The number of carbonyl (C=O) groups excluding carboxylic acids is 1. The minimum atomic E-state index is 0.0493. The van der Waals surface area contributed by atoms with E-state index in [0.29, 0.717) is 5.69 Å². The first kappa shape index (κ1) is 18.9. The van der Waals surface area contributed by atoms with Crippen LogP contribution in [0.4, 0.5) is 5.82 Å². The zero-order valence-electron chi connectivity index (χ0n) is 16.5. The van der Waals surface area contributed by atoms with Crippen molar-refractivity contribution in [2.45, 2.75) is 32.2 Å². The highest BCUT2D eigenvalue weighted by Crippen LogP contribution is 2.18. The van der Waals surface area contributed by atoms with Gasteiger partial charge in [-0.05, 0) is 18.4 Å². The number of rotatable bonds is 4. The van der Waals surface area contributed by atoms with Crippen molar-refractivity contribution < 1.29 is 4.79 Å². The molecule has 0 atom stereocenters. The van der Waals surface area contributed by atoms with E-state index in [0.717, 1.165) is 64.5 Å². The Kier molecular flexibility index (Phi) is 6.17. The highest BCUT2D eigenvalue weighted by molar-refractivity contribution is 5.93. The van der Waals surface area contributed by atoms with Crippen LogP contribution >= 0.6 is 0 Å². The molecular formula is C22H29N5O. The van der Waals surface area contributed by atoms with Gasteiger partial charge in [0.2, 0.25) is 0 Å². The lowest BCUT2D eigenvalue weighted by atomic mass is 10.2. The number of amides is 1. The van der Waals surface area contributed by atoms with E-state index in [4.69, 9.17) is 0 Å². The summed E-state index contributed by atoms with van der Waals surface area (Å²) in [6.07, 6.45) is 6.15. The average Bonchev–Trinajstić information content (AvgIpc) is 3.04. The van der Waals surface area contributed by atoms with Crippen LogP contribution in [0.2, 0.25) is 0 Å². The molecule has 1 aromatic heterocycles. The molecule has 0 saturated carbocycles. The third-order valence-corrected chi connectivity index (χ3v) is 5.71. The molecule has 6 nitrogen and oxygen atoms in total. The summed E-state index contributed by atoms with van der Waals surface area (Å²) >= 11 is 0. The lowest BCUT2D eigenvalue weighted by molar-refractivity contribution is 0.0755. The lowest BCUT2D eigenvalue weighted by Gasteiger charge is -2.35. The molecule has 0 radical (unpaired) electrons. The molecule has 6 heteroatoms. The van der Waals surface area contributed by atoms with E-state index in [1.54, 1.807) is 0 Å². The van der Waals surface area contributed by atoms with Crippen molar-refractivity contribution >= 4 is 11.7 Å². The van der Waals surface area contributed by atoms with Gasteiger partial charge in [-0.2, -0.15) is 0 Å². The third-order valence-electron chi connectivity index (χ3n) is 5.71. The second-order valence-corrected chi connectivity index (χ2v) is 7.72. The maximum Gasteiger partial charge on any atom is 0.272 e. The van der Waals surface area contributed by atoms with Crippen LogP contribution in [0.1, 0.15) is 41.7 Å². The first-order chi connectivity index (χ1) is 13.8. The van der Waals surface area contributed by atoms with Gasteiger partial charge in [0.1, 0.15) is 17.8 Å². The molecule has 4 rings (SSSR count). The summed E-state index contributed by atoms with van der Waals surface area (Å²) in [5, 5.41) is 0. The Hall–Kier alpha value is -2.47. The van der Waals surface area contributed by atoms with Gasteiger partial charge in [0.05, 0.1) is 0 Å². The van der Waals surface area contributed by atoms with E-state index >= 15 is 0 Å². The molecule has 148 valence electrons. The van der Waals surface area contributed by atoms with E-state index in [2.05, 4.69) is 50.1 Å². The van der Waals surface area contributed by atoms with Crippen molar-refractivity contribution in [1.29, 1.82) is 0 Å². The average molecular weight is 380 g/mol. The maximum absolute atomic E-state index is 12.9. The Bertz CT molecular complexity index is 766. The Morgan fingerprint density at radius 1 is 0.857 bits per heavy atom. The van der Waals surface area contributed by atoms with Crippen LogP contribution in [0.5, 0.6) is 0 Å². The number of anilines is 1. The first-order valence-corrected chi connectivity index (χ1v) is 10.4. The molecule has 2 aliphatic rings. The summed E-state index contributed by atoms with van der Waals surface area (Å²) in [5.41, 5.74) is 1.88. The van der Waals surface area contributed by atoms with Gasteiger partial charge in [-0.1, -0.05) is 43.2 Å². The predicted octanol–water partition coefficient (Wildman–Crippen LogP) is 2.82. The molecule has 0 spiro atoms. The second kappa shape index (κ2) is 9.15. The maximum atomic E-state index is 12.9. The molecule has 2 fully saturated rings. The van der Waals surface area contributed by atoms with Crippen molar-refractivity contribution in [3.05, 3.63) is 54.0 Å². The number of carbonyl (C=O) groups is 1. The fraction of sp³-hybridized carbons (Fsp3) is 0.500. The van der Waals surface area contributed by atoms with Crippen molar-refractivity contribution in [1.82, 2.24) is 19.8 Å². The fourth-order valence-electron chi connectivity index (χ4n) is 4.05. The van der Waals surface area contributed by atoms with Gasteiger partial charge in [-0.3, -0.25) is 9.69 Å². The number of nitrogens with zero attached hydrogens (tertiary/aromatic N) is 5. The molecule has 28 heavy (non-hydrogen) atoms. The molecule has 0 aliphatic carbocycles. The zero-order chi connectivity index (χ0) is 19.2. The summed E-state index contributed by atoms with van der Waals surface area (Å²) in [5.74, 6) is 0.917. The second-order valence-electron chi connectivity index (χ2n) is 7.72. The smallest absolute Gasteiger partial charge is 0.272 e. The van der Waals surface area contributed by atoms with E-state index in [1.165, 1.54) is 24.7 Å². The van der Waals surface area contributed by atoms with Gasteiger partial charge in [-0.25, -0.2) is 9.97 Å². The van der Waals surface area contributed by atoms with Gasteiger partial charge < -0.3 is 9.80 Å². The van der Waals surface area contributed by atoms with Crippen LogP contribution in [0.15, 0.2) is 42.7 Å². The lowest BCUT2D eigenvalue weighted by Crippen LogP contribution is -2.46. The molecule has 3 heterocycles. The molecule has 1 aromatic carbocycles. The SMILES string of the molecule is O=C(c1cc(N2CCN(Cc3ccccc3)CC2)ncn1)N1CCCCCC1. The largest absolute Gasteiger partial charge is 0.354 e. The Morgan fingerprint density at radius 2 is 1.57 bits per heavy atom. The standard InChI is InChI=1S/C22H29N5O/c28-22(27-10-6-1-2-7-11-27)20-16-21(24-18-23-20)26-14-12-25(13-15-26)17-19-8-4-3-5-9-19/h3-5,8-9,16,18H,1-2,6-7,10-15,17H2. The van der Waals surface area contributed by atoms with Crippen LogP contribution in [0, 0.1) is 0 Å². The highest BCUT2D eigenvalue weighted by Gasteiger charge is 2.22. The normalized spacial score (nSPS) is 18.7. The molecular weight excluding hydrogens is 350 g/mol. The Balaban J connectivity index is 1.36. The van der Waals surface area contributed by atoms with Crippen molar-refractivity contribution in [3.63, 3.8) is 0 Å². The van der Waals surface area contributed by atoms with E-state index in [1.807, 2.05) is 11.0 Å². The molecule has 2 aromatic rings. The number of hydrogen-bond acceptors (Lipinski definition) is 5. The number of hydrogen-bond donors (Lipinski definition) is 0. The summed E-state index contributed by atoms with van der Waals surface area (Å²) in [7, 11) is 0. The third kappa shape index (κ3) is 4.68. The number of piperazine rings is 1. The predicted molar refractivity (Wildman–Crippen MR) is 110 cm³/mol. The minimum Gasteiger partial charge on any atom is -0.354 e. The van der Waals surface area contributed by atoms with Gasteiger partial charge in [0.15, 0.2) is 0 Å². The minimum absolute atomic E-state index is 0.0493. The van der Waals surface area contributed by atoms with Crippen LogP contribution in [-0.2, 0) is 6.54 Å². The molecule has 1 amide bonds. The first-order valence-electron chi connectivity index (χ1n) is 10.4. The van der Waals surface area contributed by atoms with Crippen molar-refractivity contribution in [2.24, 2.45) is 0 Å². The monoisotopic (exact) mass is 379 g/mol. The number of likely N-dealkylation sites (tertiary alicyclic amines) is 1. The summed E-state index contributed by atoms with van der Waals surface area (Å²) in [6.45, 7) is 6.49. The fourth-order valence-corrected chi connectivity index (χ4v) is 4.05. The van der Waals surface area contributed by atoms with Gasteiger partial charge in [-0.15, -0.1) is 0 Å². The van der Waals surface area contributed by atoms with Crippen LogP contribution in [0.25, 0.3) is 0 Å². The van der Waals surface area contributed by atoms with Crippen LogP contribution in [-0.4, -0.2) is 64.9 Å². The Labute approximate surface area is 167 Å². The molecule has 0 unspecified atom stereocenters. The van der Waals surface area contributed by atoms with Crippen LogP contribution < -0.4 is 4.90 Å². The molecule has 2 saturated heterocycles. The van der Waals surface area contributed by atoms with Gasteiger partial charge in [0, 0.05) is 51.9 Å². The van der Waals surface area contributed by atoms with Crippen molar-refractivity contribution in [3.8, 4) is 0 Å².